The summed E-state index contributed by atoms with van der Waals surface area (Å²) in [5.41, 5.74) is 1.39. The molecule has 1 aliphatic carbocycles. The van der Waals surface area contributed by atoms with Crippen LogP contribution in [0, 0.1) is 0 Å². The summed E-state index contributed by atoms with van der Waals surface area (Å²) in [5.74, 6) is 3.56. The van der Waals surface area contributed by atoms with Crippen LogP contribution in [0.15, 0.2) is 33.7 Å². The standard InChI is InChI=1S/C20H27BrN6/c1-3-18-25-19-10-9-15(12-27(19)26-18)23-20(22-4-2)24-17-11-16(17)13-5-7-14(21)8-6-13/h5-8,15-17H,3-4,9-12H2,1-2H3,(H2,22,23,24). The molecule has 4 rings (SSSR count). The number of hydrogen-bond acceptors (Lipinski definition) is 3. The second-order valence-corrected chi connectivity index (χ2v) is 8.24. The number of rotatable bonds is 5. The van der Waals surface area contributed by atoms with Crippen LogP contribution >= 0.6 is 15.9 Å². The largest absolute Gasteiger partial charge is 0.353 e. The van der Waals surface area contributed by atoms with Crippen molar-refractivity contribution >= 4 is 21.9 Å². The van der Waals surface area contributed by atoms with Crippen molar-refractivity contribution in [1.82, 2.24) is 25.4 Å². The van der Waals surface area contributed by atoms with Crippen LogP contribution in [-0.4, -0.2) is 39.4 Å². The molecule has 0 spiro atoms. The fraction of sp³-hybridized carbons (Fsp3) is 0.550. The number of aryl methyl sites for hydroxylation is 2. The Morgan fingerprint density at radius 3 is 2.81 bits per heavy atom. The van der Waals surface area contributed by atoms with Gasteiger partial charge in [0.15, 0.2) is 11.8 Å². The molecular formula is C20H27BrN6. The Hall–Kier alpha value is -1.89. The Kier molecular flexibility index (Phi) is 5.48. The van der Waals surface area contributed by atoms with Crippen LogP contribution < -0.4 is 10.6 Å². The van der Waals surface area contributed by atoms with Gasteiger partial charge in [-0.3, -0.25) is 4.99 Å². The van der Waals surface area contributed by atoms with Gasteiger partial charge < -0.3 is 10.6 Å². The third-order valence-electron chi connectivity index (χ3n) is 5.29. The topological polar surface area (TPSA) is 67.1 Å². The van der Waals surface area contributed by atoms with Gasteiger partial charge in [0.05, 0.1) is 6.54 Å². The summed E-state index contributed by atoms with van der Waals surface area (Å²) in [6.45, 7) is 5.80. The number of nitrogens with zero attached hydrogens (tertiary/aromatic N) is 4. The average molecular weight is 431 g/mol. The SMILES string of the molecule is CCN=C(NC1CCc2nc(CC)nn2C1)NC1CC1c1ccc(Br)cc1. The van der Waals surface area contributed by atoms with Gasteiger partial charge in [-0.2, -0.15) is 5.10 Å². The van der Waals surface area contributed by atoms with Crippen molar-refractivity contribution in [3.05, 3.63) is 46.0 Å². The lowest BCUT2D eigenvalue weighted by atomic mass is 10.1. The van der Waals surface area contributed by atoms with Crippen LogP contribution in [0.25, 0.3) is 0 Å². The van der Waals surface area contributed by atoms with Crippen LogP contribution in [-0.2, 0) is 19.4 Å². The van der Waals surface area contributed by atoms with Crippen LogP contribution in [0.1, 0.15) is 49.8 Å². The number of guanidine groups is 1. The Labute approximate surface area is 169 Å². The molecule has 0 bridgehead atoms. The molecule has 6 nitrogen and oxygen atoms in total. The third kappa shape index (κ3) is 4.34. The maximum absolute atomic E-state index is 4.66. The summed E-state index contributed by atoms with van der Waals surface area (Å²) in [6.07, 6.45) is 4.08. The molecule has 3 atom stereocenters. The van der Waals surface area contributed by atoms with E-state index in [2.05, 4.69) is 84.4 Å². The molecule has 2 heterocycles. The fourth-order valence-corrected chi connectivity index (χ4v) is 3.99. The fourth-order valence-electron chi connectivity index (χ4n) is 3.72. The van der Waals surface area contributed by atoms with Crippen molar-refractivity contribution in [1.29, 1.82) is 0 Å². The van der Waals surface area contributed by atoms with Crippen LogP contribution in [0.5, 0.6) is 0 Å². The van der Waals surface area contributed by atoms with Crippen molar-refractivity contribution in [3.63, 3.8) is 0 Å². The van der Waals surface area contributed by atoms with Gasteiger partial charge in [0.2, 0.25) is 0 Å². The van der Waals surface area contributed by atoms with E-state index in [1.54, 1.807) is 0 Å². The number of halogens is 1. The molecule has 3 unspecified atom stereocenters. The highest BCUT2D eigenvalue weighted by atomic mass is 79.9. The van der Waals surface area contributed by atoms with Gasteiger partial charge in [0.25, 0.3) is 0 Å². The van der Waals surface area contributed by atoms with E-state index in [0.29, 0.717) is 18.0 Å². The molecule has 7 heteroatoms. The van der Waals surface area contributed by atoms with Crippen LogP contribution in [0.3, 0.4) is 0 Å². The molecule has 1 aliphatic heterocycles. The number of hydrogen-bond donors (Lipinski definition) is 2. The molecule has 0 radical (unpaired) electrons. The quantitative estimate of drug-likeness (QED) is 0.564. The zero-order chi connectivity index (χ0) is 18.8. The van der Waals surface area contributed by atoms with Gasteiger partial charge in [-0.15, -0.1) is 0 Å². The molecular weight excluding hydrogens is 404 g/mol. The predicted octanol–water partition coefficient (Wildman–Crippen LogP) is 3.03. The monoisotopic (exact) mass is 430 g/mol. The first-order valence-electron chi connectivity index (χ1n) is 9.91. The smallest absolute Gasteiger partial charge is 0.191 e. The van der Waals surface area contributed by atoms with E-state index in [1.807, 2.05) is 0 Å². The van der Waals surface area contributed by atoms with Gasteiger partial charge in [0, 0.05) is 41.9 Å². The van der Waals surface area contributed by atoms with E-state index >= 15 is 0 Å². The third-order valence-corrected chi connectivity index (χ3v) is 5.81. The molecule has 1 aromatic carbocycles. The predicted molar refractivity (Wildman–Crippen MR) is 111 cm³/mol. The zero-order valence-electron chi connectivity index (χ0n) is 16.0. The molecule has 2 aliphatic rings. The molecule has 0 saturated heterocycles. The number of nitrogens with one attached hydrogen (secondary N) is 2. The average Bonchev–Trinajstić information content (AvgIpc) is 3.30. The molecule has 1 saturated carbocycles. The Morgan fingerprint density at radius 2 is 2.07 bits per heavy atom. The van der Waals surface area contributed by atoms with E-state index in [-0.39, 0.29) is 0 Å². The number of benzene rings is 1. The first-order chi connectivity index (χ1) is 13.2. The second-order valence-electron chi connectivity index (χ2n) is 7.33. The minimum Gasteiger partial charge on any atom is -0.353 e. The summed E-state index contributed by atoms with van der Waals surface area (Å²) in [7, 11) is 0. The van der Waals surface area contributed by atoms with E-state index in [4.69, 9.17) is 0 Å². The Balaban J connectivity index is 1.35. The Morgan fingerprint density at radius 1 is 1.26 bits per heavy atom. The van der Waals surface area contributed by atoms with Crippen molar-refractivity contribution in [2.24, 2.45) is 4.99 Å². The summed E-state index contributed by atoms with van der Waals surface area (Å²) in [4.78, 5) is 9.26. The van der Waals surface area contributed by atoms with Crippen molar-refractivity contribution < 1.29 is 0 Å². The van der Waals surface area contributed by atoms with Crippen molar-refractivity contribution in [2.75, 3.05) is 6.54 Å². The van der Waals surface area contributed by atoms with E-state index < -0.39 is 0 Å². The maximum atomic E-state index is 4.66. The van der Waals surface area contributed by atoms with E-state index in [9.17, 15) is 0 Å². The number of fused-ring (bicyclic) bond motifs is 1. The Bertz CT molecular complexity index is 812. The lowest BCUT2D eigenvalue weighted by molar-refractivity contribution is 0.392. The highest BCUT2D eigenvalue weighted by Crippen LogP contribution is 2.41. The molecule has 2 N–H and O–H groups in total. The van der Waals surface area contributed by atoms with Gasteiger partial charge in [-0.25, -0.2) is 9.67 Å². The molecule has 27 heavy (non-hydrogen) atoms. The molecule has 1 aromatic heterocycles. The summed E-state index contributed by atoms with van der Waals surface area (Å²) in [5, 5.41) is 11.9. The summed E-state index contributed by atoms with van der Waals surface area (Å²) >= 11 is 3.51. The van der Waals surface area contributed by atoms with Gasteiger partial charge >= 0.3 is 0 Å². The van der Waals surface area contributed by atoms with E-state index in [1.165, 1.54) is 5.56 Å². The highest BCUT2D eigenvalue weighted by Gasteiger charge is 2.39. The summed E-state index contributed by atoms with van der Waals surface area (Å²) in [6, 6.07) is 9.45. The lowest BCUT2D eigenvalue weighted by Crippen LogP contribution is -2.48. The van der Waals surface area contributed by atoms with Gasteiger partial charge in [0.1, 0.15) is 5.82 Å². The minimum absolute atomic E-state index is 0.339. The van der Waals surface area contributed by atoms with E-state index in [0.717, 1.165) is 60.9 Å². The van der Waals surface area contributed by atoms with Crippen LogP contribution in [0.2, 0.25) is 0 Å². The minimum atomic E-state index is 0.339. The number of aliphatic imine (C=N–C) groups is 1. The van der Waals surface area contributed by atoms with Crippen LogP contribution in [0.4, 0.5) is 0 Å². The molecule has 2 aromatic rings. The first kappa shape index (κ1) is 18.5. The first-order valence-corrected chi connectivity index (χ1v) is 10.7. The maximum Gasteiger partial charge on any atom is 0.191 e. The van der Waals surface area contributed by atoms with Crippen molar-refractivity contribution in [3.8, 4) is 0 Å². The normalized spacial score (nSPS) is 24.4. The molecule has 1 fully saturated rings. The highest BCUT2D eigenvalue weighted by molar-refractivity contribution is 9.10. The summed E-state index contributed by atoms with van der Waals surface area (Å²) < 4.78 is 3.19. The zero-order valence-corrected chi connectivity index (χ0v) is 17.5. The number of aromatic nitrogens is 3. The second kappa shape index (κ2) is 8.00. The van der Waals surface area contributed by atoms with Crippen molar-refractivity contribution in [2.45, 2.75) is 64.1 Å². The molecule has 144 valence electrons. The van der Waals surface area contributed by atoms with Gasteiger partial charge in [-0.05, 0) is 37.5 Å². The van der Waals surface area contributed by atoms with Gasteiger partial charge in [-0.1, -0.05) is 35.0 Å². The molecule has 0 amide bonds. The lowest BCUT2D eigenvalue weighted by Gasteiger charge is -2.25.